The van der Waals surface area contributed by atoms with E-state index >= 15 is 0 Å². The molecule has 4 nitrogen and oxygen atoms in total. The van der Waals surface area contributed by atoms with Crippen LogP contribution in [-0.4, -0.2) is 21.6 Å². The molecule has 2 aromatic rings. The van der Waals surface area contributed by atoms with Crippen molar-refractivity contribution >= 4 is 22.6 Å². The number of fused-ring (bicyclic) bond motifs is 1. The quantitative estimate of drug-likeness (QED) is 0.863. The molecule has 2 N–H and O–H groups in total. The summed E-state index contributed by atoms with van der Waals surface area (Å²) in [5.74, 6) is -0.821. The van der Waals surface area contributed by atoms with Crippen LogP contribution in [0.3, 0.4) is 0 Å². The van der Waals surface area contributed by atoms with Crippen molar-refractivity contribution in [3.8, 4) is 0 Å². The van der Waals surface area contributed by atoms with Crippen LogP contribution < -0.4 is 5.32 Å². The highest BCUT2D eigenvalue weighted by atomic mass is 16.4. The number of anilines is 1. The maximum absolute atomic E-state index is 11.5. The van der Waals surface area contributed by atoms with Crippen LogP contribution in [0.15, 0.2) is 36.5 Å². The number of aromatic nitrogens is 1. The van der Waals surface area contributed by atoms with E-state index in [9.17, 15) is 9.90 Å². The first-order valence-electron chi connectivity index (χ1n) is 6.48. The van der Waals surface area contributed by atoms with E-state index in [0.29, 0.717) is 12.8 Å². The third-order valence-electron chi connectivity index (χ3n) is 3.64. The second kappa shape index (κ2) is 5.26. The number of aliphatic carboxylic acids is 1. The molecule has 0 fully saturated rings. The van der Waals surface area contributed by atoms with Gasteiger partial charge < -0.3 is 10.4 Å². The zero-order chi connectivity index (χ0) is 13.9. The van der Waals surface area contributed by atoms with Crippen LogP contribution in [-0.2, 0) is 4.79 Å². The van der Waals surface area contributed by atoms with E-state index in [-0.39, 0.29) is 0 Å². The molecular weight excluding hydrogens is 240 g/mol. The van der Waals surface area contributed by atoms with Gasteiger partial charge in [-0.05, 0) is 25.0 Å². The van der Waals surface area contributed by atoms with E-state index in [1.54, 1.807) is 6.20 Å². The van der Waals surface area contributed by atoms with Crippen LogP contribution in [0, 0.1) is 0 Å². The standard InChI is InChI=1S/C15H18N2O2/c1-3-15(4-2,14(18)19)17-13-9-10-16-12-8-6-5-7-11(12)13/h5-10H,3-4H2,1-2H3,(H,16,17)(H,18,19). The number of nitrogens with one attached hydrogen (secondary N) is 1. The SMILES string of the molecule is CCC(CC)(Nc1ccnc2ccccc12)C(=O)O. The molecule has 0 unspecified atom stereocenters. The molecule has 1 aromatic heterocycles. The van der Waals surface area contributed by atoms with Crippen LogP contribution in [0.2, 0.25) is 0 Å². The van der Waals surface area contributed by atoms with Crippen molar-refractivity contribution in [1.29, 1.82) is 0 Å². The van der Waals surface area contributed by atoms with Gasteiger partial charge in [-0.2, -0.15) is 0 Å². The molecule has 0 atom stereocenters. The third-order valence-corrected chi connectivity index (χ3v) is 3.64. The van der Waals surface area contributed by atoms with Gasteiger partial charge in [-0.1, -0.05) is 32.0 Å². The molecule has 0 saturated carbocycles. The smallest absolute Gasteiger partial charge is 0.329 e. The molecule has 0 spiro atoms. The summed E-state index contributed by atoms with van der Waals surface area (Å²) in [5, 5.41) is 13.6. The van der Waals surface area contributed by atoms with E-state index in [4.69, 9.17) is 0 Å². The lowest BCUT2D eigenvalue weighted by Crippen LogP contribution is -2.45. The van der Waals surface area contributed by atoms with Crippen molar-refractivity contribution in [2.24, 2.45) is 0 Å². The zero-order valence-electron chi connectivity index (χ0n) is 11.2. The van der Waals surface area contributed by atoms with Gasteiger partial charge in [0.1, 0.15) is 5.54 Å². The average Bonchev–Trinajstić information content (AvgIpc) is 2.44. The fraction of sp³-hybridized carbons (Fsp3) is 0.333. The van der Waals surface area contributed by atoms with E-state index in [0.717, 1.165) is 16.6 Å². The van der Waals surface area contributed by atoms with Gasteiger partial charge in [-0.25, -0.2) is 4.79 Å². The van der Waals surface area contributed by atoms with Gasteiger partial charge in [0, 0.05) is 17.3 Å². The Bertz CT molecular complexity index is 586. The number of carboxylic acids is 1. The minimum atomic E-state index is -0.926. The van der Waals surface area contributed by atoms with Gasteiger partial charge in [0.05, 0.1) is 5.52 Å². The zero-order valence-corrected chi connectivity index (χ0v) is 11.2. The topological polar surface area (TPSA) is 62.2 Å². The average molecular weight is 258 g/mol. The first kappa shape index (κ1) is 13.3. The monoisotopic (exact) mass is 258 g/mol. The highest BCUT2D eigenvalue weighted by Crippen LogP contribution is 2.27. The van der Waals surface area contributed by atoms with Gasteiger partial charge in [0.25, 0.3) is 0 Å². The number of pyridine rings is 1. The molecule has 1 heterocycles. The molecule has 2 rings (SSSR count). The maximum Gasteiger partial charge on any atom is 0.329 e. The van der Waals surface area contributed by atoms with Crippen molar-refractivity contribution in [2.45, 2.75) is 32.2 Å². The Morgan fingerprint density at radius 2 is 1.95 bits per heavy atom. The Labute approximate surface area is 112 Å². The van der Waals surface area contributed by atoms with Gasteiger partial charge in [0.15, 0.2) is 0 Å². The predicted octanol–water partition coefficient (Wildman–Crippen LogP) is 3.29. The summed E-state index contributed by atoms with van der Waals surface area (Å²) in [7, 11) is 0. The Hall–Kier alpha value is -2.10. The predicted molar refractivity (Wildman–Crippen MR) is 76.3 cm³/mol. The molecule has 4 heteroatoms. The lowest BCUT2D eigenvalue weighted by atomic mass is 9.92. The maximum atomic E-state index is 11.5. The normalized spacial score (nSPS) is 11.5. The Morgan fingerprint density at radius 3 is 2.58 bits per heavy atom. The van der Waals surface area contributed by atoms with Gasteiger partial charge in [-0.15, -0.1) is 0 Å². The van der Waals surface area contributed by atoms with E-state index in [1.165, 1.54) is 0 Å². The summed E-state index contributed by atoms with van der Waals surface area (Å²) < 4.78 is 0. The summed E-state index contributed by atoms with van der Waals surface area (Å²) >= 11 is 0. The van der Waals surface area contributed by atoms with E-state index in [1.807, 2.05) is 44.2 Å². The first-order valence-corrected chi connectivity index (χ1v) is 6.48. The number of nitrogens with zero attached hydrogens (tertiary/aromatic N) is 1. The highest BCUT2D eigenvalue weighted by Gasteiger charge is 2.34. The number of benzene rings is 1. The molecule has 0 aliphatic heterocycles. The molecule has 0 aliphatic carbocycles. The van der Waals surface area contributed by atoms with Crippen LogP contribution in [0.4, 0.5) is 5.69 Å². The van der Waals surface area contributed by atoms with Crippen LogP contribution >= 0.6 is 0 Å². The Kier molecular flexibility index (Phi) is 3.69. The summed E-state index contributed by atoms with van der Waals surface area (Å²) in [6.45, 7) is 3.77. The Balaban J connectivity index is 2.48. The first-order chi connectivity index (χ1) is 9.13. The van der Waals surface area contributed by atoms with Gasteiger partial charge >= 0.3 is 5.97 Å². The highest BCUT2D eigenvalue weighted by molar-refractivity contribution is 5.93. The number of carbonyl (C=O) groups is 1. The minimum absolute atomic E-state index is 0.523. The van der Waals surface area contributed by atoms with E-state index in [2.05, 4.69) is 10.3 Å². The largest absolute Gasteiger partial charge is 0.480 e. The van der Waals surface area contributed by atoms with Crippen molar-refractivity contribution in [3.05, 3.63) is 36.5 Å². The summed E-state index contributed by atoms with van der Waals surface area (Å²) in [5.41, 5.74) is 0.750. The van der Waals surface area contributed by atoms with Crippen LogP contribution in [0.25, 0.3) is 10.9 Å². The minimum Gasteiger partial charge on any atom is -0.480 e. The number of para-hydroxylation sites is 1. The van der Waals surface area contributed by atoms with Crippen molar-refractivity contribution in [3.63, 3.8) is 0 Å². The fourth-order valence-electron chi connectivity index (χ4n) is 2.25. The van der Waals surface area contributed by atoms with Crippen LogP contribution in [0.5, 0.6) is 0 Å². The lowest BCUT2D eigenvalue weighted by molar-refractivity contribution is -0.142. The van der Waals surface area contributed by atoms with E-state index < -0.39 is 11.5 Å². The molecule has 1 aromatic carbocycles. The molecular formula is C15H18N2O2. The number of carboxylic acid groups (broad SMARTS) is 1. The second-order valence-electron chi connectivity index (χ2n) is 4.60. The summed E-state index contributed by atoms with van der Waals surface area (Å²) in [6, 6.07) is 9.54. The van der Waals surface area contributed by atoms with Crippen molar-refractivity contribution in [1.82, 2.24) is 4.98 Å². The lowest BCUT2D eigenvalue weighted by Gasteiger charge is -2.29. The third kappa shape index (κ3) is 2.38. The molecule has 19 heavy (non-hydrogen) atoms. The Morgan fingerprint density at radius 1 is 1.26 bits per heavy atom. The summed E-state index contributed by atoms with van der Waals surface area (Å²) in [6.07, 6.45) is 2.74. The van der Waals surface area contributed by atoms with Crippen molar-refractivity contribution < 1.29 is 9.90 Å². The van der Waals surface area contributed by atoms with Gasteiger partial charge in [0.2, 0.25) is 0 Å². The number of hydrogen-bond donors (Lipinski definition) is 2. The molecule has 0 radical (unpaired) electrons. The van der Waals surface area contributed by atoms with Gasteiger partial charge in [-0.3, -0.25) is 4.98 Å². The molecule has 0 amide bonds. The second-order valence-corrected chi connectivity index (χ2v) is 4.60. The molecule has 0 saturated heterocycles. The van der Waals surface area contributed by atoms with Crippen molar-refractivity contribution in [2.75, 3.05) is 5.32 Å². The fourth-order valence-corrected chi connectivity index (χ4v) is 2.25. The number of rotatable bonds is 5. The molecule has 0 aliphatic rings. The summed E-state index contributed by atoms with van der Waals surface area (Å²) in [4.78, 5) is 15.8. The number of hydrogen-bond acceptors (Lipinski definition) is 3. The molecule has 0 bridgehead atoms. The molecule has 100 valence electrons. The van der Waals surface area contributed by atoms with Crippen LogP contribution in [0.1, 0.15) is 26.7 Å².